The van der Waals surface area contributed by atoms with E-state index in [0.29, 0.717) is 13.1 Å². The van der Waals surface area contributed by atoms with Crippen molar-refractivity contribution in [3.05, 3.63) is 65.5 Å². The summed E-state index contributed by atoms with van der Waals surface area (Å²) in [4.78, 5) is 8.75. The SMILES string of the molecule is FC(F)(F)c1ccc(CN(CCN2CCOCC2)Cc2cccnc2)cc1. The number of halogens is 3. The Balaban J connectivity index is 1.64. The summed E-state index contributed by atoms with van der Waals surface area (Å²) in [6.45, 7) is 6.38. The summed E-state index contributed by atoms with van der Waals surface area (Å²) in [5.74, 6) is 0. The highest BCUT2D eigenvalue weighted by Crippen LogP contribution is 2.29. The Kier molecular flexibility index (Phi) is 6.82. The first-order valence-corrected chi connectivity index (χ1v) is 9.08. The number of benzene rings is 1. The molecular weight excluding hydrogens is 355 g/mol. The van der Waals surface area contributed by atoms with Crippen molar-refractivity contribution < 1.29 is 17.9 Å². The molecular formula is C20H24F3N3O. The summed E-state index contributed by atoms with van der Waals surface area (Å²) in [6.07, 6.45) is -0.740. The van der Waals surface area contributed by atoms with E-state index in [9.17, 15) is 13.2 Å². The average molecular weight is 379 g/mol. The number of nitrogens with zero attached hydrogens (tertiary/aromatic N) is 3. The molecule has 3 rings (SSSR count). The van der Waals surface area contributed by atoms with Gasteiger partial charge in [-0.05, 0) is 29.3 Å². The van der Waals surface area contributed by atoms with Crippen molar-refractivity contribution in [2.24, 2.45) is 0 Å². The highest BCUT2D eigenvalue weighted by Gasteiger charge is 2.30. The van der Waals surface area contributed by atoms with E-state index in [1.165, 1.54) is 0 Å². The predicted octanol–water partition coefficient (Wildman–Crippen LogP) is 3.43. The van der Waals surface area contributed by atoms with Crippen molar-refractivity contribution in [1.82, 2.24) is 14.8 Å². The van der Waals surface area contributed by atoms with Crippen LogP contribution in [-0.2, 0) is 24.0 Å². The Labute approximate surface area is 157 Å². The number of alkyl halides is 3. The lowest BCUT2D eigenvalue weighted by molar-refractivity contribution is -0.137. The predicted molar refractivity (Wildman–Crippen MR) is 97.1 cm³/mol. The quantitative estimate of drug-likeness (QED) is 0.737. The van der Waals surface area contributed by atoms with E-state index < -0.39 is 11.7 Å². The van der Waals surface area contributed by atoms with Crippen LogP contribution in [0.2, 0.25) is 0 Å². The molecule has 0 spiro atoms. The molecule has 2 aromatic rings. The summed E-state index contributed by atoms with van der Waals surface area (Å²) in [7, 11) is 0. The van der Waals surface area contributed by atoms with Gasteiger partial charge in [0.05, 0.1) is 18.8 Å². The minimum atomic E-state index is -4.30. The van der Waals surface area contributed by atoms with Gasteiger partial charge >= 0.3 is 6.18 Å². The molecule has 0 radical (unpaired) electrons. The Morgan fingerprint density at radius 2 is 1.70 bits per heavy atom. The van der Waals surface area contributed by atoms with Crippen LogP contribution in [0.4, 0.5) is 13.2 Å². The molecule has 4 nitrogen and oxygen atoms in total. The maximum absolute atomic E-state index is 12.8. The zero-order valence-corrected chi connectivity index (χ0v) is 15.2. The van der Waals surface area contributed by atoms with Crippen LogP contribution in [0.1, 0.15) is 16.7 Å². The third-order valence-corrected chi connectivity index (χ3v) is 4.65. The average Bonchev–Trinajstić information content (AvgIpc) is 2.67. The van der Waals surface area contributed by atoms with Gasteiger partial charge in [0.25, 0.3) is 0 Å². The largest absolute Gasteiger partial charge is 0.416 e. The molecule has 0 unspecified atom stereocenters. The minimum absolute atomic E-state index is 0.595. The lowest BCUT2D eigenvalue weighted by Crippen LogP contribution is -2.41. The van der Waals surface area contributed by atoms with Gasteiger partial charge in [-0.1, -0.05) is 18.2 Å². The molecule has 1 aliphatic heterocycles. The zero-order valence-electron chi connectivity index (χ0n) is 15.2. The smallest absolute Gasteiger partial charge is 0.379 e. The van der Waals surface area contributed by atoms with E-state index in [-0.39, 0.29) is 0 Å². The lowest BCUT2D eigenvalue weighted by Gasteiger charge is -2.30. The topological polar surface area (TPSA) is 28.6 Å². The van der Waals surface area contributed by atoms with Crippen molar-refractivity contribution in [2.75, 3.05) is 39.4 Å². The van der Waals surface area contributed by atoms with E-state index in [1.54, 1.807) is 18.3 Å². The molecule has 2 heterocycles. The Bertz CT molecular complexity index is 686. The molecule has 0 atom stereocenters. The van der Waals surface area contributed by atoms with Gasteiger partial charge in [-0.2, -0.15) is 13.2 Å². The number of rotatable bonds is 7. The minimum Gasteiger partial charge on any atom is -0.379 e. The van der Waals surface area contributed by atoms with E-state index in [0.717, 1.165) is 62.7 Å². The second-order valence-electron chi connectivity index (χ2n) is 6.72. The van der Waals surface area contributed by atoms with E-state index in [1.807, 2.05) is 18.3 Å². The number of hydrogen-bond acceptors (Lipinski definition) is 4. The fraction of sp³-hybridized carbons (Fsp3) is 0.450. The van der Waals surface area contributed by atoms with Crippen molar-refractivity contribution in [3.8, 4) is 0 Å². The summed E-state index contributed by atoms with van der Waals surface area (Å²) in [5.41, 5.74) is 1.35. The number of morpholine rings is 1. The molecule has 0 aliphatic carbocycles. The van der Waals surface area contributed by atoms with Crippen LogP contribution in [0.25, 0.3) is 0 Å². The highest BCUT2D eigenvalue weighted by atomic mass is 19.4. The molecule has 1 fully saturated rings. The van der Waals surface area contributed by atoms with Gasteiger partial charge in [0.2, 0.25) is 0 Å². The highest BCUT2D eigenvalue weighted by molar-refractivity contribution is 5.24. The summed E-state index contributed by atoms with van der Waals surface area (Å²) >= 11 is 0. The van der Waals surface area contributed by atoms with E-state index >= 15 is 0 Å². The first-order valence-electron chi connectivity index (χ1n) is 9.08. The fourth-order valence-corrected chi connectivity index (χ4v) is 3.13. The fourth-order valence-electron chi connectivity index (χ4n) is 3.13. The second-order valence-corrected chi connectivity index (χ2v) is 6.72. The van der Waals surface area contributed by atoms with Crippen LogP contribution in [0.15, 0.2) is 48.8 Å². The normalized spacial score (nSPS) is 16.0. The standard InChI is InChI=1S/C20H24F3N3O/c21-20(22,23)19-5-3-17(4-6-19)15-26(16-18-2-1-7-24-14-18)9-8-25-10-12-27-13-11-25/h1-7,14H,8-13,15-16H2. The molecule has 146 valence electrons. The van der Waals surface area contributed by atoms with Crippen LogP contribution in [-0.4, -0.2) is 54.2 Å². The third kappa shape index (κ3) is 6.30. The Hall–Kier alpha value is -1.96. The van der Waals surface area contributed by atoms with Gasteiger partial charge in [0, 0.05) is 51.7 Å². The molecule has 27 heavy (non-hydrogen) atoms. The van der Waals surface area contributed by atoms with Crippen molar-refractivity contribution in [1.29, 1.82) is 0 Å². The molecule has 0 N–H and O–H groups in total. The van der Waals surface area contributed by atoms with Gasteiger partial charge in [0.15, 0.2) is 0 Å². The zero-order chi connectivity index (χ0) is 19.1. The first-order chi connectivity index (χ1) is 13.0. The molecule has 1 aliphatic rings. The van der Waals surface area contributed by atoms with Crippen LogP contribution in [0.5, 0.6) is 0 Å². The molecule has 0 saturated carbocycles. The van der Waals surface area contributed by atoms with E-state index in [2.05, 4.69) is 14.8 Å². The number of hydrogen-bond donors (Lipinski definition) is 0. The maximum Gasteiger partial charge on any atom is 0.416 e. The molecule has 7 heteroatoms. The summed E-state index contributed by atoms with van der Waals surface area (Å²) < 4.78 is 43.7. The van der Waals surface area contributed by atoms with Gasteiger partial charge in [0.1, 0.15) is 0 Å². The van der Waals surface area contributed by atoms with Crippen molar-refractivity contribution in [3.63, 3.8) is 0 Å². The molecule has 0 bridgehead atoms. The van der Waals surface area contributed by atoms with Crippen LogP contribution >= 0.6 is 0 Å². The Morgan fingerprint density at radius 3 is 2.33 bits per heavy atom. The third-order valence-electron chi connectivity index (χ3n) is 4.65. The molecule has 1 saturated heterocycles. The van der Waals surface area contributed by atoms with E-state index in [4.69, 9.17) is 4.74 Å². The van der Waals surface area contributed by atoms with Gasteiger partial charge in [-0.25, -0.2) is 0 Å². The first kappa shape index (κ1) is 19.8. The summed E-state index contributed by atoms with van der Waals surface area (Å²) in [5, 5.41) is 0. The number of pyridine rings is 1. The van der Waals surface area contributed by atoms with Crippen molar-refractivity contribution in [2.45, 2.75) is 19.3 Å². The molecule has 1 aromatic heterocycles. The molecule has 1 aromatic carbocycles. The van der Waals surface area contributed by atoms with Gasteiger partial charge in [-0.15, -0.1) is 0 Å². The molecule has 0 amide bonds. The van der Waals surface area contributed by atoms with Crippen LogP contribution in [0.3, 0.4) is 0 Å². The number of ether oxygens (including phenoxy) is 1. The van der Waals surface area contributed by atoms with Gasteiger partial charge < -0.3 is 4.74 Å². The lowest BCUT2D eigenvalue weighted by atomic mass is 10.1. The number of aromatic nitrogens is 1. The Morgan fingerprint density at radius 1 is 1.00 bits per heavy atom. The van der Waals surface area contributed by atoms with Gasteiger partial charge in [-0.3, -0.25) is 14.8 Å². The summed E-state index contributed by atoms with van der Waals surface area (Å²) in [6, 6.07) is 9.34. The second kappa shape index (κ2) is 9.30. The maximum atomic E-state index is 12.8. The van der Waals surface area contributed by atoms with Crippen LogP contribution in [0, 0.1) is 0 Å². The monoisotopic (exact) mass is 379 g/mol. The van der Waals surface area contributed by atoms with Crippen molar-refractivity contribution >= 4 is 0 Å². The van der Waals surface area contributed by atoms with Crippen LogP contribution < -0.4 is 0 Å².